The largest absolute Gasteiger partial charge is 0.377 e. The van der Waals surface area contributed by atoms with E-state index in [4.69, 9.17) is 4.74 Å². The lowest BCUT2D eigenvalue weighted by Crippen LogP contribution is -2.21. The Kier molecular flexibility index (Phi) is 4.88. The van der Waals surface area contributed by atoms with Crippen molar-refractivity contribution in [3.63, 3.8) is 0 Å². The van der Waals surface area contributed by atoms with Gasteiger partial charge in [-0.3, -0.25) is 9.00 Å². The molecule has 0 aliphatic carbocycles. The Morgan fingerprint density at radius 2 is 2.21 bits per heavy atom. The lowest BCUT2D eigenvalue weighted by molar-refractivity contribution is 0.102. The Hall–Kier alpha value is -1.00. The second-order valence-electron chi connectivity index (χ2n) is 5.13. The van der Waals surface area contributed by atoms with E-state index < -0.39 is 10.8 Å². The summed E-state index contributed by atoms with van der Waals surface area (Å²) >= 11 is 0. The maximum absolute atomic E-state index is 12.1. The summed E-state index contributed by atoms with van der Waals surface area (Å²) in [6, 6.07) is 5.73. The van der Waals surface area contributed by atoms with Crippen molar-refractivity contribution < 1.29 is 13.7 Å². The summed E-state index contributed by atoms with van der Waals surface area (Å²) in [7, 11) is -1.13. The van der Waals surface area contributed by atoms with E-state index in [1.54, 1.807) is 0 Å². The summed E-state index contributed by atoms with van der Waals surface area (Å²) in [5.74, 6) is 0.550. The van der Waals surface area contributed by atoms with Crippen LogP contribution in [0.15, 0.2) is 18.2 Å². The van der Waals surface area contributed by atoms with Crippen molar-refractivity contribution in [2.75, 3.05) is 18.1 Å². The first kappa shape index (κ1) is 14.4. The van der Waals surface area contributed by atoms with Crippen LogP contribution in [-0.2, 0) is 15.5 Å². The molecule has 0 aromatic heterocycles. The summed E-state index contributed by atoms with van der Waals surface area (Å²) in [4.78, 5) is 12.1. The van der Waals surface area contributed by atoms with Gasteiger partial charge in [0.2, 0.25) is 0 Å². The first-order valence-electron chi connectivity index (χ1n) is 6.63. The highest BCUT2D eigenvalue weighted by molar-refractivity contribution is 7.85. The number of carbonyl (C=O) groups is 1. The molecule has 0 amide bonds. The third kappa shape index (κ3) is 3.98. The van der Waals surface area contributed by atoms with Gasteiger partial charge in [-0.25, -0.2) is 0 Å². The first-order chi connectivity index (χ1) is 9.06. The van der Waals surface area contributed by atoms with Crippen molar-refractivity contribution in [3.8, 4) is 0 Å². The number of rotatable bonds is 5. The Morgan fingerprint density at radius 1 is 1.42 bits per heavy atom. The van der Waals surface area contributed by atoms with Crippen LogP contribution in [0.25, 0.3) is 0 Å². The van der Waals surface area contributed by atoms with Crippen LogP contribution in [0.1, 0.15) is 34.3 Å². The molecule has 1 heterocycles. The molecule has 0 N–H and O–H groups in total. The molecule has 2 unspecified atom stereocenters. The molecular weight excluding hydrogens is 260 g/mol. The summed E-state index contributed by atoms with van der Waals surface area (Å²) in [6.45, 7) is 4.67. The van der Waals surface area contributed by atoms with E-state index in [2.05, 4.69) is 0 Å². The van der Waals surface area contributed by atoms with Gasteiger partial charge in [-0.05, 0) is 32.3 Å². The molecule has 1 saturated heterocycles. The summed E-state index contributed by atoms with van der Waals surface area (Å²) < 4.78 is 17.4. The van der Waals surface area contributed by atoms with Crippen molar-refractivity contribution in [1.82, 2.24) is 0 Å². The van der Waals surface area contributed by atoms with Gasteiger partial charge in [-0.2, -0.15) is 0 Å². The van der Waals surface area contributed by atoms with E-state index in [1.807, 2.05) is 32.0 Å². The molecule has 1 aliphatic heterocycles. The van der Waals surface area contributed by atoms with Gasteiger partial charge in [-0.1, -0.05) is 23.8 Å². The van der Waals surface area contributed by atoms with Crippen molar-refractivity contribution in [2.45, 2.75) is 32.8 Å². The van der Waals surface area contributed by atoms with E-state index >= 15 is 0 Å². The average molecular weight is 280 g/mol. The highest BCUT2D eigenvalue weighted by atomic mass is 32.2. The minimum Gasteiger partial charge on any atom is -0.377 e. The van der Waals surface area contributed by atoms with Crippen molar-refractivity contribution in [3.05, 3.63) is 34.9 Å². The minimum atomic E-state index is -1.13. The maximum Gasteiger partial charge on any atom is 0.175 e. The second kappa shape index (κ2) is 6.44. The predicted molar refractivity (Wildman–Crippen MR) is 77.1 cm³/mol. The molecule has 1 aliphatic rings. The van der Waals surface area contributed by atoms with Gasteiger partial charge in [0.15, 0.2) is 5.78 Å². The highest BCUT2D eigenvalue weighted by Gasteiger charge is 2.20. The van der Waals surface area contributed by atoms with E-state index in [0.29, 0.717) is 11.3 Å². The molecular formula is C15H20O3S. The smallest absolute Gasteiger partial charge is 0.175 e. The second-order valence-corrected chi connectivity index (χ2v) is 6.63. The van der Waals surface area contributed by atoms with Crippen LogP contribution < -0.4 is 0 Å². The molecule has 4 heteroatoms. The average Bonchev–Trinajstić information content (AvgIpc) is 2.81. The Balaban J connectivity index is 1.94. The molecule has 1 aromatic carbocycles. The molecule has 0 radical (unpaired) electrons. The molecule has 3 nitrogen and oxygen atoms in total. The van der Waals surface area contributed by atoms with Crippen LogP contribution in [0.5, 0.6) is 0 Å². The third-order valence-corrected chi connectivity index (χ3v) is 4.70. The maximum atomic E-state index is 12.1. The Labute approximate surface area is 116 Å². The van der Waals surface area contributed by atoms with Crippen molar-refractivity contribution in [1.29, 1.82) is 0 Å². The molecule has 2 rings (SSSR count). The lowest BCUT2D eigenvalue weighted by Gasteiger charge is -2.09. The van der Waals surface area contributed by atoms with Crippen LogP contribution >= 0.6 is 0 Å². The third-order valence-electron chi connectivity index (χ3n) is 3.37. The number of hydrogen-bond donors (Lipinski definition) is 0. The molecule has 1 fully saturated rings. The number of aryl methyl sites for hydroxylation is 2. The topological polar surface area (TPSA) is 43.4 Å². The van der Waals surface area contributed by atoms with E-state index in [9.17, 15) is 9.00 Å². The van der Waals surface area contributed by atoms with Crippen LogP contribution in [-0.4, -0.2) is 34.2 Å². The van der Waals surface area contributed by atoms with E-state index in [0.717, 1.165) is 30.6 Å². The summed E-state index contributed by atoms with van der Waals surface area (Å²) in [6.07, 6.45) is 2.07. The van der Waals surface area contributed by atoms with Crippen LogP contribution in [0, 0.1) is 13.8 Å². The van der Waals surface area contributed by atoms with Gasteiger partial charge >= 0.3 is 0 Å². The number of carbonyl (C=O) groups excluding carboxylic acids is 1. The van der Waals surface area contributed by atoms with Crippen LogP contribution in [0.2, 0.25) is 0 Å². The van der Waals surface area contributed by atoms with Crippen LogP contribution in [0.4, 0.5) is 0 Å². The van der Waals surface area contributed by atoms with Gasteiger partial charge in [0.25, 0.3) is 0 Å². The SMILES string of the molecule is Cc1ccc(C(=O)CS(=O)CC2CCCO2)c(C)c1. The summed E-state index contributed by atoms with van der Waals surface area (Å²) in [5, 5.41) is 0. The molecule has 0 bridgehead atoms. The highest BCUT2D eigenvalue weighted by Crippen LogP contribution is 2.15. The molecule has 1 aromatic rings. The van der Waals surface area contributed by atoms with Crippen molar-refractivity contribution in [2.24, 2.45) is 0 Å². The quantitative estimate of drug-likeness (QED) is 0.778. The zero-order chi connectivity index (χ0) is 13.8. The molecule has 104 valence electrons. The van der Waals surface area contributed by atoms with Gasteiger partial charge in [0.05, 0.1) is 17.6 Å². The number of Topliss-reactive ketones (excluding diaryl/α,β-unsaturated/α-hetero) is 1. The number of ketones is 1. The molecule has 0 saturated carbocycles. The Morgan fingerprint density at radius 3 is 2.84 bits per heavy atom. The zero-order valence-corrected chi connectivity index (χ0v) is 12.3. The Bertz CT molecular complexity index is 490. The van der Waals surface area contributed by atoms with Gasteiger partial charge in [-0.15, -0.1) is 0 Å². The molecule has 0 spiro atoms. The minimum absolute atomic E-state index is 0.0335. The normalized spacial score (nSPS) is 20.4. The predicted octanol–water partition coefficient (Wildman–Crippen LogP) is 2.41. The number of ether oxygens (including phenoxy) is 1. The lowest BCUT2D eigenvalue weighted by atomic mass is 10.0. The van der Waals surface area contributed by atoms with E-state index in [1.165, 1.54) is 0 Å². The number of benzene rings is 1. The van der Waals surface area contributed by atoms with Gasteiger partial charge < -0.3 is 4.74 Å². The van der Waals surface area contributed by atoms with Gasteiger partial charge in [0, 0.05) is 23.0 Å². The molecule has 19 heavy (non-hydrogen) atoms. The standard InChI is InChI=1S/C15H20O3S/c1-11-5-6-14(12(2)8-11)15(16)10-19(17)9-13-4-3-7-18-13/h5-6,8,13H,3-4,7,9-10H2,1-2H3. The monoisotopic (exact) mass is 280 g/mol. The zero-order valence-electron chi connectivity index (χ0n) is 11.5. The van der Waals surface area contributed by atoms with Gasteiger partial charge in [0.1, 0.15) is 0 Å². The summed E-state index contributed by atoms with van der Waals surface area (Å²) in [5.41, 5.74) is 2.78. The fourth-order valence-corrected chi connectivity index (χ4v) is 3.64. The fourth-order valence-electron chi connectivity index (χ4n) is 2.39. The molecule has 2 atom stereocenters. The van der Waals surface area contributed by atoms with E-state index in [-0.39, 0.29) is 17.6 Å². The number of hydrogen-bond acceptors (Lipinski definition) is 3. The first-order valence-corrected chi connectivity index (χ1v) is 8.12. The van der Waals surface area contributed by atoms with Crippen LogP contribution in [0.3, 0.4) is 0 Å². The fraction of sp³-hybridized carbons (Fsp3) is 0.533. The van der Waals surface area contributed by atoms with Crippen molar-refractivity contribution >= 4 is 16.6 Å².